The van der Waals surface area contributed by atoms with Crippen molar-refractivity contribution < 1.29 is 14.6 Å². The lowest BCUT2D eigenvalue weighted by atomic mass is 9.86. The Bertz CT molecular complexity index is 1030. The number of benzene rings is 2. The number of anilines is 1. The first kappa shape index (κ1) is 20.0. The van der Waals surface area contributed by atoms with Gasteiger partial charge in [0, 0.05) is 16.6 Å². The number of aliphatic hydroxyl groups is 1. The lowest BCUT2D eigenvalue weighted by Crippen LogP contribution is -2.49. The second-order valence-electron chi connectivity index (χ2n) is 7.40. The van der Waals surface area contributed by atoms with Crippen molar-refractivity contribution in [3.8, 4) is 5.75 Å². The van der Waals surface area contributed by atoms with Gasteiger partial charge < -0.3 is 14.7 Å². The summed E-state index contributed by atoms with van der Waals surface area (Å²) >= 11 is 7.93. The van der Waals surface area contributed by atoms with Crippen molar-refractivity contribution in [3.63, 3.8) is 0 Å². The summed E-state index contributed by atoms with van der Waals surface area (Å²) in [5.41, 5.74) is -0.424. The van der Waals surface area contributed by atoms with Crippen molar-refractivity contribution in [2.45, 2.75) is 31.4 Å². The fourth-order valence-corrected chi connectivity index (χ4v) is 5.35. The van der Waals surface area contributed by atoms with Crippen molar-refractivity contribution in [2.24, 2.45) is 0 Å². The minimum absolute atomic E-state index is 0.241. The van der Waals surface area contributed by atoms with E-state index in [1.54, 1.807) is 18.9 Å². The number of carbonyl (C=O) groups is 1. The molecule has 152 valence electrons. The van der Waals surface area contributed by atoms with Crippen molar-refractivity contribution in [1.82, 2.24) is 4.90 Å². The van der Waals surface area contributed by atoms with E-state index in [2.05, 4.69) is 5.32 Å². The number of methoxy groups -OCH3 is 1. The molecule has 0 saturated carbocycles. The van der Waals surface area contributed by atoms with E-state index in [1.807, 2.05) is 48.5 Å². The van der Waals surface area contributed by atoms with Gasteiger partial charge in [0.2, 0.25) is 0 Å². The average molecular weight is 431 g/mol. The Morgan fingerprint density at radius 2 is 2.00 bits per heavy atom. The van der Waals surface area contributed by atoms with Gasteiger partial charge in [0.05, 0.1) is 18.2 Å². The van der Waals surface area contributed by atoms with Gasteiger partial charge in [0.1, 0.15) is 16.4 Å². The normalized spacial score (nSPS) is 18.6. The predicted octanol–water partition coefficient (Wildman–Crippen LogP) is 5.47. The van der Waals surface area contributed by atoms with E-state index < -0.39 is 5.60 Å². The molecule has 1 aliphatic rings. The first-order valence-corrected chi connectivity index (χ1v) is 10.7. The quantitative estimate of drug-likeness (QED) is 0.577. The van der Waals surface area contributed by atoms with Crippen molar-refractivity contribution >= 4 is 44.1 Å². The maximum Gasteiger partial charge on any atom is 0.322 e. The summed E-state index contributed by atoms with van der Waals surface area (Å²) in [4.78, 5) is 14.8. The topological polar surface area (TPSA) is 61.8 Å². The highest BCUT2D eigenvalue weighted by atomic mass is 35.5. The molecule has 29 heavy (non-hydrogen) atoms. The number of ether oxygens (including phenoxy) is 1. The van der Waals surface area contributed by atoms with Crippen LogP contribution >= 0.6 is 22.9 Å². The van der Waals surface area contributed by atoms with Gasteiger partial charge in [-0.15, -0.1) is 11.3 Å². The molecule has 2 aromatic carbocycles. The highest BCUT2D eigenvalue weighted by molar-refractivity contribution is 7.23. The molecule has 0 radical (unpaired) electrons. The molecule has 4 rings (SSSR count). The van der Waals surface area contributed by atoms with E-state index in [0.29, 0.717) is 16.6 Å². The van der Waals surface area contributed by atoms with Crippen LogP contribution in [0, 0.1) is 0 Å². The number of amides is 2. The molecule has 0 unspecified atom stereocenters. The number of nitrogens with zero attached hydrogens (tertiary/aromatic N) is 1. The highest BCUT2D eigenvalue weighted by Crippen LogP contribution is 2.40. The van der Waals surface area contributed by atoms with Crippen LogP contribution in [-0.4, -0.2) is 35.7 Å². The summed E-state index contributed by atoms with van der Waals surface area (Å²) in [6, 6.07) is 14.6. The van der Waals surface area contributed by atoms with Crippen molar-refractivity contribution in [2.75, 3.05) is 19.0 Å². The number of thiophene rings is 1. The van der Waals surface area contributed by atoms with E-state index >= 15 is 0 Å². The van der Waals surface area contributed by atoms with Gasteiger partial charge in [0.15, 0.2) is 0 Å². The van der Waals surface area contributed by atoms with Gasteiger partial charge in [-0.3, -0.25) is 5.32 Å². The number of carbonyl (C=O) groups excluding carboxylic acids is 1. The minimum atomic E-state index is -1.18. The summed E-state index contributed by atoms with van der Waals surface area (Å²) in [7, 11) is 1.61. The molecular formula is C22H23ClN2O3S. The third-order valence-electron chi connectivity index (χ3n) is 5.59. The summed E-state index contributed by atoms with van der Waals surface area (Å²) < 4.78 is 6.23. The van der Waals surface area contributed by atoms with E-state index in [9.17, 15) is 9.90 Å². The average Bonchev–Trinajstić information content (AvgIpc) is 3.34. The molecule has 1 saturated heterocycles. The SMILES string of the molecule is COc1ccc([C@@](C)(O)[C@H]2CCCN2C(=O)Nc2sc3ccccc3c2Cl)cc1. The highest BCUT2D eigenvalue weighted by Gasteiger charge is 2.42. The molecule has 1 aromatic heterocycles. The zero-order valence-electron chi connectivity index (χ0n) is 16.3. The van der Waals surface area contributed by atoms with Crippen LogP contribution in [0.25, 0.3) is 10.1 Å². The van der Waals surface area contributed by atoms with Crippen LogP contribution in [0.1, 0.15) is 25.3 Å². The Kier molecular flexibility index (Phi) is 5.42. The fraction of sp³-hybridized carbons (Fsp3) is 0.318. The molecule has 2 N–H and O–H groups in total. The number of rotatable bonds is 4. The Hall–Kier alpha value is -2.28. The van der Waals surface area contributed by atoms with Crippen LogP contribution in [0.5, 0.6) is 5.75 Å². The summed E-state index contributed by atoms with van der Waals surface area (Å²) in [6.45, 7) is 2.35. The number of hydrogen-bond donors (Lipinski definition) is 2. The smallest absolute Gasteiger partial charge is 0.322 e. The summed E-state index contributed by atoms with van der Waals surface area (Å²) in [6.07, 6.45) is 1.57. The van der Waals surface area contributed by atoms with Crippen LogP contribution in [0.2, 0.25) is 5.02 Å². The zero-order valence-corrected chi connectivity index (χ0v) is 17.9. The number of fused-ring (bicyclic) bond motifs is 1. The number of hydrogen-bond acceptors (Lipinski definition) is 4. The van der Waals surface area contributed by atoms with Crippen molar-refractivity contribution in [1.29, 1.82) is 0 Å². The Labute approximate surface area is 178 Å². The van der Waals surface area contributed by atoms with Gasteiger partial charge in [-0.1, -0.05) is 41.9 Å². The monoisotopic (exact) mass is 430 g/mol. The Balaban J connectivity index is 1.56. The van der Waals surface area contributed by atoms with Gasteiger partial charge in [-0.05, 0) is 43.5 Å². The first-order chi connectivity index (χ1) is 13.9. The zero-order chi connectivity index (χ0) is 20.6. The number of nitrogens with one attached hydrogen (secondary N) is 1. The lowest BCUT2D eigenvalue weighted by Gasteiger charge is -2.36. The van der Waals surface area contributed by atoms with E-state index in [4.69, 9.17) is 16.3 Å². The third-order valence-corrected chi connectivity index (χ3v) is 7.18. The number of likely N-dealkylation sites (tertiary alicyclic amines) is 1. The standard InChI is InChI=1S/C22H23ClN2O3S/c1-22(27,14-9-11-15(28-2)12-10-14)18-8-5-13-25(18)21(26)24-20-19(23)16-6-3-4-7-17(16)29-20/h3-4,6-7,9-12,18,27H,5,8,13H2,1-2H3,(H,24,26)/t18-,22-/m1/s1. The predicted molar refractivity (Wildman–Crippen MR) is 118 cm³/mol. The molecule has 3 aromatic rings. The second kappa shape index (κ2) is 7.86. The lowest BCUT2D eigenvalue weighted by molar-refractivity contribution is -0.00943. The van der Waals surface area contributed by atoms with Gasteiger partial charge in [0.25, 0.3) is 0 Å². The molecule has 0 bridgehead atoms. The molecule has 2 heterocycles. The van der Waals surface area contributed by atoms with Crippen LogP contribution in [0.3, 0.4) is 0 Å². The largest absolute Gasteiger partial charge is 0.497 e. The molecule has 5 nitrogen and oxygen atoms in total. The van der Waals surface area contributed by atoms with Crippen LogP contribution < -0.4 is 10.1 Å². The summed E-state index contributed by atoms with van der Waals surface area (Å²) in [5, 5.41) is 16.4. The number of urea groups is 1. The van der Waals surface area contributed by atoms with E-state index in [1.165, 1.54) is 11.3 Å². The molecule has 1 fully saturated rings. The molecule has 1 aliphatic heterocycles. The van der Waals surface area contributed by atoms with E-state index in [0.717, 1.165) is 34.2 Å². The molecule has 2 atom stereocenters. The van der Waals surface area contributed by atoms with Crippen LogP contribution in [-0.2, 0) is 5.60 Å². The second-order valence-corrected chi connectivity index (χ2v) is 8.83. The maximum absolute atomic E-state index is 13.1. The molecule has 0 aliphatic carbocycles. The van der Waals surface area contributed by atoms with E-state index in [-0.39, 0.29) is 12.1 Å². The Morgan fingerprint density at radius 1 is 1.28 bits per heavy atom. The summed E-state index contributed by atoms with van der Waals surface area (Å²) in [5.74, 6) is 0.727. The molecule has 2 amide bonds. The number of halogens is 1. The fourth-order valence-electron chi connectivity index (χ4n) is 3.98. The molecule has 0 spiro atoms. The first-order valence-electron chi connectivity index (χ1n) is 9.53. The third kappa shape index (κ3) is 3.68. The molecule has 7 heteroatoms. The van der Waals surface area contributed by atoms with Crippen molar-refractivity contribution in [3.05, 3.63) is 59.1 Å². The van der Waals surface area contributed by atoms with Crippen LogP contribution in [0.15, 0.2) is 48.5 Å². The van der Waals surface area contributed by atoms with Gasteiger partial charge >= 0.3 is 6.03 Å². The van der Waals surface area contributed by atoms with Gasteiger partial charge in [-0.25, -0.2) is 4.79 Å². The maximum atomic E-state index is 13.1. The van der Waals surface area contributed by atoms with Crippen LogP contribution in [0.4, 0.5) is 9.80 Å². The van der Waals surface area contributed by atoms with Gasteiger partial charge in [-0.2, -0.15) is 0 Å². The Morgan fingerprint density at radius 3 is 2.69 bits per heavy atom. The minimum Gasteiger partial charge on any atom is -0.497 e. The molecular weight excluding hydrogens is 408 g/mol.